The third kappa shape index (κ3) is 4.13. The van der Waals surface area contributed by atoms with E-state index < -0.39 is 37.3 Å². The van der Waals surface area contributed by atoms with Gasteiger partial charge >= 0.3 is 0 Å². The normalized spacial score (nSPS) is 37.8. The van der Waals surface area contributed by atoms with Crippen LogP contribution >= 0.6 is 0 Å². The molecule has 0 aliphatic carbocycles. The molecule has 108 valence electrons. The Hall–Kier alpha value is -0.280. The van der Waals surface area contributed by atoms with Gasteiger partial charge in [-0.1, -0.05) is 0 Å². The second kappa shape index (κ2) is 6.25. The van der Waals surface area contributed by atoms with Gasteiger partial charge in [-0.15, -0.1) is 0 Å². The fraction of sp³-hybridized carbons (Fsp3) is 1.00. The summed E-state index contributed by atoms with van der Waals surface area (Å²) < 4.78 is 11.2. The van der Waals surface area contributed by atoms with Crippen molar-refractivity contribution in [3.63, 3.8) is 0 Å². The zero-order valence-corrected chi connectivity index (χ0v) is 11.1. The Bertz CT molecular complexity index is 254. The summed E-state index contributed by atoms with van der Waals surface area (Å²) >= 11 is 0. The van der Waals surface area contributed by atoms with Gasteiger partial charge in [-0.2, -0.15) is 0 Å². The molecule has 4 N–H and O–H groups in total. The Morgan fingerprint density at radius 2 is 1.67 bits per heavy atom. The topological polar surface area (TPSA) is 99.4 Å². The minimum absolute atomic E-state index is 0.339. The third-order valence-corrected chi connectivity index (χ3v) is 2.89. The number of hydrogen-bond acceptors (Lipinski definition) is 6. The minimum Gasteiger partial charge on any atom is -0.394 e. The molecule has 0 aromatic heterocycles. The summed E-state index contributed by atoms with van der Waals surface area (Å²) in [6, 6.07) is 0. The molecule has 7 nitrogen and oxygen atoms in total. The van der Waals surface area contributed by atoms with Gasteiger partial charge in [0.25, 0.3) is 0 Å². The van der Waals surface area contributed by atoms with E-state index in [0.29, 0.717) is 17.6 Å². The SMILES string of the molecule is C[N+](C)(C)CCOC1O[C@H](CO)[C@@H](O)[C@H](O)[C@H]1O. The van der Waals surface area contributed by atoms with Crippen LogP contribution in [-0.2, 0) is 9.47 Å². The maximum absolute atomic E-state index is 9.70. The molecule has 1 fully saturated rings. The molecular formula is C11H24NO6+. The summed E-state index contributed by atoms with van der Waals surface area (Å²) in [6.45, 7) is 0.599. The lowest BCUT2D eigenvalue weighted by Crippen LogP contribution is -2.59. The summed E-state index contributed by atoms with van der Waals surface area (Å²) in [7, 11) is 5.99. The fourth-order valence-electron chi connectivity index (χ4n) is 1.65. The maximum Gasteiger partial charge on any atom is 0.186 e. The molecule has 18 heavy (non-hydrogen) atoms. The quantitative estimate of drug-likeness (QED) is 0.411. The van der Waals surface area contributed by atoms with Crippen LogP contribution in [0.25, 0.3) is 0 Å². The van der Waals surface area contributed by atoms with Gasteiger partial charge in [0.15, 0.2) is 6.29 Å². The highest BCUT2D eigenvalue weighted by Gasteiger charge is 2.44. The number of rotatable bonds is 5. The van der Waals surface area contributed by atoms with Crippen molar-refractivity contribution in [3.05, 3.63) is 0 Å². The Morgan fingerprint density at radius 3 is 2.17 bits per heavy atom. The predicted molar refractivity (Wildman–Crippen MR) is 62.6 cm³/mol. The summed E-state index contributed by atoms with van der Waals surface area (Å²) in [5.41, 5.74) is 0. The van der Waals surface area contributed by atoms with Gasteiger partial charge in [0, 0.05) is 0 Å². The minimum atomic E-state index is -1.38. The molecule has 1 aliphatic rings. The fourth-order valence-corrected chi connectivity index (χ4v) is 1.65. The van der Waals surface area contributed by atoms with Crippen molar-refractivity contribution < 1.29 is 34.4 Å². The first-order chi connectivity index (χ1) is 8.26. The average Bonchev–Trinajstić information content (AvgIpc) is 2.27. The molecule has 0 amide bonds. The summed E-state index contributed by atoms with van der Waals surface area (Å²) in [6.07, 6.45) is -6.01. The summed E-state index contributed by atoms with van der Waals surface area (Å²) in [4.78, 5) is 0. The lowest BCUT2D eigenvalue weighted by Gasteiger charge is -2.39. The van der Waals surface area contributed by atoms with E-state index in [4.69, 9.17) is 14.6 Å². The number of likely N-dealkylation sites (N-methyl/N-ethyl adjacent to an activating group) is 1. The number of quaternary nitrogens is 1. The van der Waals surface area contributed by atoms with Crippen molar-refractivity contribution >= 4 is 0 Å². The maximum atomic E-state index is 9.70. The molecule has 1 rings (SSSR count). The van der Waals surface area contributed by atoms with Crippen LogP contribution in [0.15, 0.2) is 0 Å². The number of ether oxygens (including phenoxy) is 2. The van der Waals surface area contributed by atoms with Crippen LogP contribution in [0.4, 0.5) is 0 Å². The second-order valence-corrected chi connectivity index (χ2v) is 5.58. The lowest BCUT2D eigenvalue weighted by molar-refractivity contribution is -0.871. The smallest absolute Gasteiger partial charge is 0.186 e. The molecule has 0 saturated carbocycles. The van der Waals surface area contributed by atoms with Crippen molar-refractivity contribution in [1.29, 1.82) is 0 Å². The molecule has 0 radical (unpaired) electrons. The van der Waals surface area contributed by atoms with Crippen molar-refractivity contribution in [2.45, 2.75) is 30.7 Å². The standard InChI is InChI=1S/C11H24NO6/c1-12(2,3)4-5-17-11-10(16)9(15)8(14)7(6-13)18-11/h7-11,13-16H,4-6H2,1-3H3/q+1/t7-,8-,9+,10-,11?/m1/s1. The van der Waals surface area contributed by atoms with Crippen molar-refractivity contribution in [2.75, 3.05) is 40.9 Å². The first-order valence-corrected chi connectivity index (χ1v) is 5.99. The van der Waals surface area contributed by atoms with Gasteiger partial charge in [0.05, 0.1) is 34.4 Å². The van der Waals surface area contributed by atoms with Gasteiger partial charge in [0.1, 0.15) is 31.0 Å². The number of aliphatic hydroxyl groups is 4. The molecule has 1 saturated heterocycles. The second-order valence-electron chi connectivity index (χ2n) is 5.58. The van der Waals surface area contributed by atoms with Crippen molar-refractivity contribution in [1.82, 2.24) is 0 Å². The zero-order chi connectivity index (χ0) is 13.9. The van der Waals surface area contributed by atoms with Crippen LogP contribution in [0.5, 0.6) is 0 Å². The van der Waals surface area contributed by atoms with Crippen LogP contribution in [0.1, 0.15) is 0 Å². The molecule has 1 heterocycles. The Labute approximate surface area is 107 Å². The first-order valence-electron chi connectivity index (χ1n) is 5.99. The number of nitrogens with zero attached hydrogens (tertiary/aromatic N) is 1. The highest BCUT2D eigenvalue weighted by atomic mass is 16.7. The summed E-state index contributed by atoms with van der Waals surface area (Å²) in [5.74, 6) is 0. The molecule has 0 aromatic rings. The van der Waals surface area contributed by atoms with E-state index in [1.807, 2.05) is 21.1 Å². The van der Waals surface area contributed by atoms with E-state index in [-0.39, 0.29) is 0 Å². The first kappa shape index (κ1) is 15.8. The van der Waals surface area contributed by atoms with Gasteiger partial charge in [-0.3, -0.25) is 0 Å². The molecule has 1 aliphatic heterocycles. The van der Waals surface area contributed by atoms with E-state index in [0.717, 1.165) is 0 Å². The Kier molecular flexibility index (Phi) is 5.47. The van der Waals surface area contributed by atoms with Gasteiger partial charge in [-0.25, -0.2) is 0 Å². The van der Waals surface area contributed by atoms with Crippen molar-refractivity contribution in [2.24, 2.45) is 0 Å². The van der Waals surface area contributed by atoms with E-state index in [9.17, 15) is 15.3 Å². The average molecular weight is 266 g/mol. The number of hydrogen-bond donors (Lipinski definition) is 4. The van der Waals surface area contributed by atoms with E-state index in [1.54, 1.807) is 0 Å². The molecular weight excluding hydrogens is 242 g/mol. The predicted octanol–water partition coefficient (Wildman–Crippen LogP) is -2.49. The van der Waals surface area contributed by atoms with Gasteiger partial charge in [-0.05, 0) is 0 Å². The number of aliphatic hydroxyl groups excluding tert-OH is 4. The van der Waals surface area contributed by atoms with E-state index in [1.165, 1.54) is 0 Å². The van der Waals surface area contributed by atoms with E-state index in [2.05, 4.69) is 0 Å². The molecule has 1 unspecified atom stereocenters. The third-order valence-electron chi connectivity index (χ3n) is 2.89. The highest BCUT2D eigenvalue weighted by Crippen LogP contribution is 2.21. The summed E-state index contributed by atoms with van der Waals surface area (Å²) in [5, 5.41) is 37.8. The van der Waals surface area contributed by atoms with Gasteiger partial charge in [0.2, 0.25) is 0 Å². The molecule has 0 bridgehead atoms. The van der Waals surface area contributed by atoms with Crippen LogP contribution in [0, 0.1) is 0 Å². The monoisotopic (exact) mass is 266 g/mol. The zero-order valence-electron chi connectivity index (χ0n) is 11.1. The lowest BCUT2D eigenvalue weighted by atomic mass is 9.99. The molecule has 0 aromatic carbocycles. The van der Waals surface area contributed by atoms with Crippen LogP contribution in [0.3, 0.4) is 0 Å². The van der Waals surface area contributed by atoms with Crippen LogP contribution < -0.4 is 0 Å². The molecule has 5 atom stereocenters. The van der Waals surface area contributed by atoms with Gasteiger partial charge < -0.3 is 34.4 Å². The van der Waals surface area contributed by atoms with Crippen LogP contribution in [0.2, 0.25) is 0 Å². The Morgan fingerprint density at radius 1 is 1.06 bits per heavy atom. The Balaban J connectivity index is 2.49. The van der Waals surface area contributed by atoms with Crippen LogP contribution in [-0.4, -0.2) is 96.5 Å². The highest BCUT2D eigenvalue weighted by molar-refractivity contribution is 4.88. The molecule has 0 spiro atoms. The molecule has 7 heteroatoms. The van der Waals surface area contributed by atoms with E-state index >= 15 is 0 Å². The van der Waals surface area contributed by atoms with Crippen molar-refractivity contribution in [3.8, 4) is 0 Å². The largest absolute Gasteiger partial charge is 0.394 e.